The quantitative estimate of drug-likeness (QED) is 0.572. The highest BCUT2D eigenvalue weighted by atomic mass is 16.6. The molecule has 0 heterocycles. The van der Waals surface area contributed by atoms with Crippen molar-refractivity contribution >= 4 is 0 Å². The topological polar surface area (TPSA) is 86.3 Å². The van der Waals surface area contributed by atoms with Gasteiger partial charge in [0.05, 0.1) is 11.8 Å². The van der Waals surface area contributed by atoms with Crippen LogP contribution >= 0.6 is 0 Å². The molecule has 2 rings (SSSR count). The molecule has 6 nitrogen and oxygen atoms in total. The molecule has 0 amide bonds. The maximum absolute atomic E-state index is 11.2. The van der Waals surface area contributed by atoms with Gasteiger partial charge in [0.25, 0.3) is 0 Å². The molecule has 2 aromatic rings. The van der Waals surface area contributed by atoms with Crippen LogP contribution in [0.2, 0.25) is 0 Å². The Bertz CT molecular complexity index is 647. The molecule has 0 aliphatic rings. The lowest BCUT2D eigenvalue weighted by Crippen LogP contribution is -2.25. The summed E-state index contributed by atoms with van der Waals surface area (Å²) < 4.78 is 0. The third-order valence-electron chi connectivity index (χ3n) is 4.19. The number of benzene rings is 2. The Morgan fingerprint density at radius 1 is 0.708 bits per heavy atom. The van der Waals surface area contributed by atoms with E-state index in [9.17, 15) is 20.2 Å². The normalized spacial score (nSPS) is 13.2. The van der Waals surface area contributed by atoms with Crippen LogP contribution in [0.15, 0.2) is 48.5 Å². The van der Waals surface area contributed by atoms with Gasteiger partial charge in [-0.05, 0) is 25.0 Å². The van der Waals surface area contributed by atoms with Gasteiger partial charge in [-0.15, -0.1) is 0 Å². The molecule has 0 saturated heterocycles. The Kier molecular flexibility index (Phi) is 5.63. The van der Waals surface area contributed by atoms with Crippen LogP contribution in [0, 0.1) is 34.1 Å². The molecule has 0 unspecified atom stereocenters. The summed E-state index contributed by atoms with van der Waals surface area (Å²) in [5, 5.41) is 22.3. The molecule has 0 saturated carbocycles. The Hall–Kier alpha value is -2.76. The zero-order valence-electron chi connectivity index (χ0n) is 13.7. The van der Waals surface area contributed by atoms with E-state index in [0.29, 0.717) is 0 Å². The van der Waals surface area contributed by atoms with E-state index in [1.807, 2.05) is 62.4 Å². The van der Waals surface area contributed by atoms with Gasteiger partial charge in [0, 0.05) is 9.85 Å². The van der Waals surface area contributed by atoms with Gasteiger partial charge in [-0.1, -0.05) is 59.7 Å². The van der Waals surface area contributed by atoms with Crippen molar-refractivity contribution in [1.29, 1.82) is 0 Å². The highest BCUT2D eigenvalue weighted by molar-refractivity contribution is 5.32. The first-order chi connectivity index (χ1) is 11.4. The predicted octanol–water partition coefficient (Wildman–Crippen LogP) is 3.72. The molecule has 0 aromatic heterocycles. The number of rotatable bonds is 7. The van der Waals surface area contributed by atoms with E-state index in [4.69, 9.17) is 0 Å². The van der Waals surface area contributed by atoms with Crippen LogP contribution in [0.1, 0.15) is 34.1 Å². The van der Waals surface area contributed by atoms with Crippen LogP contribution in [0.3, 0.4) is 0 Å². The van der Waals surface area contributed by atoms with E-state index in [1.165, 1.54) is 0 Å². The molecule has 24 heavy (non-hydrogen) atoms. The summed E-state index contributed by atoms with van der Waals surface area (Å²) in [6.07, 6.45) is 0. The van der Waals surface area contributed by atoms with E-state index in [2.05, 4.69) is 0 Å². The lowest BCUT2D eigenvalue weighted by atomic mass is 9.81. The van der Waals surface area contributed by atoms with E-state index < -0.39 is 21.7 Å². The summed E-state index contributed by atoms with van der Waals surface area (Å²) in [4.78, 5) is 21.5. The molecule has 0 bridgehead atoms. The third kappa shape index (κ3) is 4.62. The van der Waals surface area contributed by atoms with E-state index in [0.717, 1.165) is 22.3 Å². The molecule has 0 aliphatic carbocycles. The molecule has 0 fully saturated rings. The lowest BCUT2D eigenvalue weighted by molar-refractivity contribution is -0.498. The molecule has 6 heteroatoms. The number of hydrogen-bond donors (Lipinski definition) is 0. The fourth-order valence-electron chi connectivity index (χ4n) is 2.88. The minimum Gasteiger partial charge on any atom is -0.265 e. The van der Waals surface area contributed by atoms with Gasteiger partial charge >= 0.3 is 0 Å². The van der Waals surface area contributed by atoms with Crippen molar-refractivity contribution in [2.75, 3.05) is 13.1 Å². The molecule has 0 spiro atoms. The van der Waals surface area contributed by atoms with Gasteiger partial charge in [0.2, 0.25) is 13.1 Å². The molecule has 2 atom stereocenters. The van der Waals surface area contributed by atoms with Crippen molar-refractivity contribution in [2.45, 2.75) is 25.7 Å². The van der Waals surface area contributed by atoms with Crippen molar-refractivity contribution < 1.29 is 9.85 Å². The Labute approximate surface area is 140 Å². The predicted molar refractivity (Wildman–Crippen MR) is 91.6 cm³/mol. The van der Waals surface area contributed by atoms with E-state index in [-0.39, 0.29) is 13.1 Å². The summed E-state index contributed by atoms with van der Waals surface area (Å²) in [7, 11) is 0. The Morgan fingerprint density at radius 3 is 1.25 bits per heavy atom. The van der Waals surface area contributed by atoms with Gasteiger partial charge < -0.3 is 0 Å². The maximum atomic E-state index is 11.2. The second-order valence-electron chi connectivity index (χ2n) is 6.06. The first-order valence-corrected chi connectivity index (χ1v) is 7.73. The number of aryl methyl sites for hydroxylation is 2. The van der Waals surface area contributed by atoms with Crippen molar-refractivity contribution in [3.63, 3.8) is 0 Å². The summed E-state index contributed by atoms with van der Waals surface area (Å²) in [5.74, 6) is -1.09. The van der Waals surface area contributed by atoms with Gasteiger partial charge in [0.15, 0.2) is 0 Å². The largest absolute Gasteiger partial charge is 0.265 e. The molecule has 0 radical (unpaired) electrons. The molecule has 0 aliphatic heterocycles. The average molecular weight is 328 g/mol. The zero-order chi connectivity index (χ0) is 17.7. The molecular formula is C18H20N2O4. The second kappa shape index (κ2) is 7.68. The van der Waals surface area contributed by atoms with Crippen LogP contribution in [-0.2, 0) is 0 Å². The smallest absolute Gasteiger partial charge is 0.211 e. The minimum absolute atomic E-state index is 0.338. The first kappa shape index (κ1) is 17.6. The van der Waals surface area contributed by atoms with Crippen LogP contribution in [-0.4, -0.2) is 22.9 Å². The summed E-state index contributed by atoms with van der Waals surface area (Å²) in [6, 6.07) is 14.8. The third-order valence-corrected chi connectivity index (χ3v) is 4.19. The molecule has 2 aromatic carbocycles. The first-order valence-electron chi connectivity index (χ1n) is 7.73. The van der Waals surface area contributed by atoms with Crippen molar-refractivity contribution in [3.05, 3.63) is 91.0 Å². The highest BCUT2D eigenvalue weighted by Crippen LogP contribution is 2.34. The van der Waals surface area contributed by atoms with Crippen molar-refractivity contribution in [2.24, 2.45) is 0 Å². The summed E-state index contributed by atoms with van der Waals surface area (Å²) >= 11 is 0. The fraction of sp³-hybridized carbons (Fsp3) is 0.333. The SMILES string of the molecule is Cc1ccc([C@@H](C[N+](=O)[O-])[C@H](C[N+](=O)[O-])c2ccc(C)cc2)cc1. The Balaban J connectivity index is 2.46. The van der Waals surface area contributed by atoms with Crippen molar-refractivity contribution in [3.8, 4) is 0 Å². The minimum atomic E-state index is -0.547. The lowest BCUT2D eigenvalue weighted by Gasteiger charge is -2.22. The number of nitrogens with zero attached hydrogens (tertiary/aromatic N) is 2. The van der Waals surface area contributed by atoms with Crippen LogP contribution in [0.5, 0.6) is 0 Å². The van der Waals surface area contributed by atoms with Gasteiger partial charge in [-0.25, -0.2) is 0 Å². The average Bonchev–Trinajstić information content (AvgIpc) is 2.52. The van der Waals surface area contributed by atoms with E-state index in [1.54, 1.807) is 0 Å². The molecule has 0 N–H and O–H groups in total. The van der Waals surface area contributed by atoms with Gasteiger partial charge in [-0.2, -0.15) is 0 Å². The maximum Gasteiger partial charge on any atom is 0.211 e. The zero-order valence-corrected chi connectivity index (χ0v) is 13.7. The monoisotopic (exact) mass is 328 g/mol. The van der Waals surface area contributed by atoms with Crippen molar-refractivity contribution in [1.82, 2.24) is 0 Å². The Morgan fingerprint density at radius 2 is 1.00 bits per heavy atom. The summed E-state index contributed by atoms with van der Waals surface area (Å²) in [6.45, 7) is 3.19. The molecular weight excluding hydrogens is 308 g/mol. The second-order valence-corrected chi connectivity index (χ2v) is 6.06. The number of hydrogen-bond acceptors (Lipinski definition) is 4. The fourth-order valence-corrected chi connectivity index (χ4v) is 2.88. The summed E-state index contributed by atoms with van der Waals surface area (Å²) in [5.41, 5.74) is 3.59. The van der Waals surface area contributed by atoms with Crippen LogP contribution < -0.4 is 0 Å². The number of nitro groups is 2. The van der Waals surface area contributed by atoms with Gasteiger partial charge in [0.1, 0.15) is 0 Å². The molecule has 126 valence electrons. The van der Waals surface area contributed by atoms with Gasteiger partial charge in [-0.3, -0.25) is 20.2 Å². The van der Waals surface area contributed by atoms with E-state index >= 15 is 0 Å². The van der Waals surface area contributed by atoms with Crippen LogP contribution in [0.25, 0.3) is 0 Å². The highest BCUT2D eigenvalue weighted by Gasteiger charge is 2.33. The standard InChI is InChI=1S/C18H20N2O4/c1-13-3-7-15(8-4-13)17(11-19(21)22)18(12-20(23)24)16-9-5-14(2)6-10-16/h3-10,17-18H,11-12H2,1-2H3/t17-,18-/m1/s1. The van der Waals surface area contributed by atoms with Crippen LogP contribution in [0.4, 0.5) is 0 Å².